The molecule has 1 fully saturated rings. The molecule has 0 spiro atoms. The lowest BCUT2D eigenvalue weighted by Gasteiger charge is -2.22. The fraction of sp³-hybridized carbons (Fsp3) is 0.500. The molecule has 1 aliphatic rings. The lowest BCUT2D eigenvalue weighted by Crippen LogP contribution is -2.34. The number of halogens is 1. The Balaban J connectivity index is 1.52. The summed E-state index contributed by atoms with van der Waals surface area (Å²) in [6, 6.07) is 8.83. The van der Waals surface area contributed by atoms with Crippen molar-refractivity contribution in [3.8, 4) is 0 Å². The summed E-state index contributed by atoms with van der Waals surface area (Å²) in [7, 11) is 0. The number of nitrogens with one attached hydrogen (secondary N) is 1. The molecule has 1 atom stereocenters. The van der Waals surface area contributed by atoms with E-state index in [1.165, 1.54) is 24.8 Å². The van der Waals surface area contributed by atoms with Crippen LogP contribution in [0.25, 0.3) is 0 Å². The summed E-state index contributed by atoms with van der Waals surface area (Å²) < 4.78 is 6.44. The van der Waals surface area contributed by atoms with Crippen LogP contribution in [0.5, 0.6) is 0 Å². The molecule has 112 valence electrons. The summed E-state index contributed by atoms with van der Waals surface area (Å²) in [6.07, 6.45) is 6.56. The summed E-state index contributed by atoms with van der Waals surface area (Å²) >= 11 is 3.44. The quantitative estimate of drug-likeness (QED) is 0.897. The molecule has 0 amide bonds. The van der Waals surface area contributed by atoms with Gasteiger partial charge in [-0.1, -0.05) is 39.6 Å². The van der Waals surface area contributed by atoms with Crippen LogP contribution in [0.3, 0.4) is 0 Å². The minimum Gasteiger partial charge on any atom is -0.339 e. The molecule has 0 radical (unpaired) electrons. The van der Waals surface area contributed by atoms with Crippen molar-refractivity contribution in [3.63, 3.8) is 0 Å². The van der Waals surface area contributed by atoms with E-state index in [0.717, 1.165) is 42.0 Å². The number of aromatic nitrogens is 2. The summed E-state index contributed by atoms with van der Waals surface area (Å²) in [5, 5.41) is 7.63. The fourth-order valence-electron chi connectivity index (χ4n) is 2.72. The van der Waals surface area contributed by atoms with Crippen molar-refractivity contribution in [3.05, 3.63) is 46.0 Å². The maximum atomic E-state index is 5.35. The molecule has 1 N–H and O–H groups in total. The van der Waals surface area contributed by atoms with Crippen molar-refractivity contribution in [1.82, 2.24) is 15.5 Å². The van der Waals surface area contributed by atoms with Gasteiger partial charge in [0.1, 0.15) is 0 Å². The maximum Gasteiger partial charge on any atom is 0.226 e. The largest absolute Gasteiger partial charge is 0.339 e. The van der Waals surface area contributed by atoms with Crippen LogP contribution >= 0.6 is 15.9 Å². The van der Waals surface area contributed by atoms with Crippen LogP contribution in [0.1, 0.15) is 43.0 Å². The van der Waals surface area contributed by atoms with E-state index in [0.29, 0.717) is 6.04 Å². The lowest BCUT2D eigenvalue weighted by molar-refractivity contribution is 0.341. The van der Waals surface area contributed by atoms with Gasteiger partial charge in [-0.25, -0.2) is 0 Å². The van der Waals surface area contributed by atoms with Gasteiger partial charge in [-0.05, 0) is 43.5 Å². The Morgan fingerprint density at radius 1 is 1.24 bits per heavy atom. The molecule has 0 bridgehead atoms. The number of benzene rings is 1. The Kier molecular flexibility index (Phi) is 5.04. The highest BCUT2D eigenvalue weighted by Gasteiger charge is 2.14. The Morgan fingerprint density at radius 3 is 2.86 bits per heavy atom. The predicted molar refractivity (Wildman–Crippen MR) is 85.2 cm³/mol. The van der Waals surface area contributed by atoms with E-state index in [1.807, 2.05) is 12.1 Å². The van der Waals surface area contributed by atoms with Gasteiger partial charge < -0.3 is 9.84 Å². The third-order valence-electron chi connectivity index (χ3n) is 3.90. The smallest absolute Gasteiger partial charge is 0.226 e. The third kappa shape index (κ3) is 4.38. The van der Waals surface area contributed by atoms with Gasteiger partial charge in [0.25, 0.3) is 0 Å². The van der Waals surface area contributed by atoms with Crippen molar-refractivity contribution < 1.29 is 4.52 Å². The topological polar surface area (TPSA) is 51.0 Å². The molecule has 21 heavy (non-hydrogen) atoms. The van der Waals surface area contributed by atoms with E-state index >= 15 is 0 Å². The molecule has 1 saturated heterocycles. The standard InChI is InChI=1S/C16H20BrN3O/c17-13-6-4-12(5-7-13)11-15-19-16(21-20-15)9-8-14-3-1-2-10-18-14/h4-7,14,18H,1-3,8-11H2. The first-order valence-electron chi connectivity index (χ1n) is 7.59. The molecule has 1 aromatic heterocycles. The highest BCUT2D eigenvalue weighted by Crippen LogP contribution is 2.15. The Bertz CT molecular complexity index is 561. The Morgan fingerprint density at radius 2 is 2.10 bits per heavy atom. The molecule has 0 saturated carbocycles. The zero-order valence-corrected chi connectivity index (χ0v) is 13.6. The molecule has 2 aromatic rings. The van der Waals surface area contributed by atoms with E-state index in [4.69, 9.17) is 4.52 Å². The lowest BCUT2D eigenvalue weighted by atomic mass is 10.0. The Hall–Kier alpha value is -1.20. The number of aryl methyl sites for hydroxylation is 1. The first-order chi connectivity index (χ1) is 10.3. The molecule has 1 aromatic carbocycles. The van der Waals surface area contributed by atoms with E-state index in [-0.39, 0.29) is 0 Å². The van der Waals surface area contributed by atoms with Crippen molar-refractivity contribution in [1.29, 1.82) is 0 Å². The molecule has 3 rings (SSSR count). The number of piperidine rings is 1. The number of nitrogens with zero attached hydrogens (tertiary/aromatic N) is 2. The number of hydrogen-bond acceptors (Lipinski definition) is 4. The van der Waals surface area contributed by atoms with E-state index in [9.17, 15) is 0 Å². The van der Waals surface area contributed by atoms with Crippen molar-refractivity contribution in [2.45, 2.75) is 44.6 Å². The monoisotopic (exact) mass is 349 g/mol. The number of rotatable bonds is 5. The van der Waals surface area contributed by atoms with Gasteiger partial charge in [0.15, 0.2) is 5.82 Å². The zero-order chi connectivity index (χ0) is 14.5. The van der Waals surface area contributed by atoms with Gasteiger partial charge in [-0.3, -0.25) is 0 Å². The average molecular weight is 350 g/mol. The molecular weight excluding hydrogens is 330 g/mol. The van der Waals surface area contributed by atoms with Crippen LogP contribution in [0.4, 0.5) is 0 Å². The average Bonchev–Trinajstić information content (AvgIpc) is 2.96. The van der Waals surface area contributed by atoms with Crippen molar-refractivity contribution in [2.24, 2.45) is 0 Å². The van der Waals surface area contributed by atoms with Gasteiger partial charge in [-0.15, -0.1) is 0 Å². The highest BCUT2D eigenvalue weighted by atomic mass is 79.9. The Labute approximate surface area is 133 Å². The molecule has 1 unspecified atom stereocenters. The van der Waals surface area contributed by atoms with Crippen LogP contribution < -0.4 is 5.32 Å². The minimum atomic E-state index is 0.612. The third-order valence-corrected chi connectivity index (χ3v) is 4.43. The van der Waals surface area contributed by atoms with Crippen LogP contribution in [0.2, 0.25) is 0 Å². The SMILES string of the molecule is Brc1ccc(Cc2noc(CCC3CCCCN3)n2)cc1. The molecule has 5 heteroatoms. The van der Waals surface area contributed by atoms with Crippen molar-refractivity contribution in [2.75, 3.05) is 6.54 Å². The second kappa shape index (κ2) is 7.18. The van der Waals surface area contributed by atoms with Crippen LogP contribution in [0.15, 0.2) is 33.3 Å². The van der Waals surface area contributed by atoms with Crippen LogP contribution in [-0.4, -0.2) is 22.7 Å². The van der Waals surface area contributed by atoms with Gasteiger partial charge in [-0.2, -0.15) is 4.98 Å². The first kappa shape index (κ1) is 14.7. The summed E-state index contributed by atoms with van der Waals surface area (Å²) in [4.78, 5) is 4.50. The normalized spacial score (nSPS) is 18.8. The molecule has 0 aliphatic carbocycles. The summed E-state index contributed by atoms with van der Waals surface area (Å²) in [5.74, 6) is 1.53. The van der Waals surface area contributed by atoms with E-state index in [2.05, 4.69) is 43.5 Å². The second-order valence-electron chi connectivity index (χ2n) is 5.59. The van der Waals surface area contributed by atoms with E-state index in [1.54, 1.807) is 0 Å². The minimum absolute atomic E-state index is 0.612. The van der Waals surface area contributed by atoms with Gasteiger partial charge in [0, 0.05) is 23.4 Å². The van der Waals surface area contributed by atoms with E-state index < -0.39 is 0 Å². The molecule has 4 nitrogen and oxygen atoms in total. The van der Waals surface area contributed by atoms with Gasteiger partial charge >= 0.3 is 0 Å². The van der Waals surface area contributed by atoms with Crippen LogP contribution in [-0.2, 0) is 12.8 Å². The molecule has 2 heterocycles. The summed E-state index contributed by atoms with van der Waals surface area (Å²) in [5.41, 5.74) is 1.19. The van der Waals surface area contributed by atoms with Gasteiger partial charge in [0.2, 0.25) is 5.89 Å². The maximum absolute atomic E-state index is 5.35. The number of hydrogen-bond donors (Lipinski definition) is 1. The summed E-state index contributed by atoms with van der Waals surface area (Å²) in [6.45, 7) is 1.14. The van der Waals surface area contributed by atoms with Crippen molar-refractivity contribution >= 4 is 15.9 Å². The van der Waals surface area contributed by atoms with Crippen LogP contribution in [0, 0.1) is 0 Å². The first-order valence-corrected chi connectivity index (χ1v) is 8.38. The molecule has 1 aliphatic heterocycles. The highest BCUT2D eigenvalue weighted by molar-refractivity contribution is 9.10. The van der Waals surface area contributed by atoms with Gasteiger partial charge in [0.05, 0.1) is 0 Å². The fourth-order valence-corrected chi connectivity index (χ4v) is 2.98. The molecular formula is C16H20BrN3O. The second-order valence-corrected chi connectivity index (χ2v) is 6.51. The zero-order valence-electron chi connectivity index (χ0n) is 12.0. The predicted octanol–water partition coefficient (Wildman–Crippen LogP) is 3.50.